The topological polar surface area (TPSA) is 78.4 Å². The van der Waals surface area contributed by atoms with Gasteiger partial charge in [0.1, 0.15) is 11.0 Å². The number of hydrogen-bond donors (Lipinski definition) is 1. The van der Waals surface area contributed by atoms with E-state index in [0.717, 1.165) is 42.6 Å². The zero-order valence-electron chi connectivity index (χ0n) is 22.0. The third-order valence-corrected chi connectivity index (χ3v) is 8.47. The number of benzene rings is 2. The molecule has 1 unspecified atom stereocenters. The number of nitrogens with zero attached hydrogens (tertiary/aromatic N) is 4. The molecule has 0 bridgehead atoms. The normalized spacial score (nSPS) is 16.7. The molecule has 1 saturated carbocycles. The molecular weight excluding hydrogens is 530 g/mol. The zero-order chi connectivity index (χ0) is 27.0. The molecule has 1 atom stereocenters. The Hall–Kier alpha value is -3.10. The van der Waals surface area contributed by atoms with Crippen LogP contribution in [0.5, 0.6) is 0 Å². The van der Waals surface area contributed by atoms with E-state index in [1.807, 2.05) is 53.4 Å². The molecule has 1 aliphatic heterocycles. The summed E-state index contributed by atoms with van der Waals surface area (Å²) in [5.41, 5.74) is 2.22. The molecule has 7 nitrogen and oxygen atoms in total. The summed E-state index contributed by atoms with van der Waals surface area (Å²) in [5.74, 6) is 1.33. The lowest BCUT2D eigenvalue weighted by Crippen LogP contribution is -2.50. The first-order chi connectivity index (χ1) is 19.0. The minimum absolute atomic E-state index is 0.0889. The Morgan fingerprint density at radius 1 is 0.949 bits per heavy atom. The van der Waals surface area contributed by atoms with Crippen molar-refractivity contribution in [2.24, 2.45) is 5.92 Å². The van der Waals surface area contributed by atoms with E-state index < -0.39 is 0 Å². The minimum atomic E-state index is -0.138. The van der Waals surface area contributed by atoms with E-state index in [0.29, 0.717) is 48.8 Å². The molecular formula is C30H34ClN5O2S. The fourth-order valence-electron chi connectivity index (χ4n) is 5.35. The standard InChI is InChI=1S/C30H34ClN5O2S/c31-26-20-27(35-15-17-36(18-16-35)29(38)24-13-7-8-14-24)34-30(33-26)39-21-28(37)32-25(23-11-5-2-6-12-23)19-22-9-3-1-4-10-22/h1-6,9-12,20,24-25H,7-8,13-19,21H2,(H,32,37). The molecule has 3 aromatic rings. The summed E-state index contributed by atoms with van der Waals surface area (Å²) in [6.45, 7) is 2.78. The molecule has 0 spiro atoms. The third-order valence-electron chi connectivity index (χ3n) is 7.43. The van der Waals surface area contributed by atoms with Gasteiger partial charge in [0, 0.05) is 38.2 Å². The number of hydrogen-bond acceptors (Lipinski definition) is 6. The highest BCUT2D eigenvalue weighted by atomic mass is 35.5. The second-order valence-corrected chi connectivity index (χ2v) is 11.5. The Morgan fingerprint density at radius 3 is 2.31 bits per heavy atom. The van der Waals surface area contributed by atoms with Crippen molar-refractivity contribution in [3.8, 4) is 0 Å². The van der Waals surface area contributed by atoms with Crippen LogP contribution in [0.15, 0.2) is 71.9 Å². The molecule has 2 fully saturated rings. The summed E-state index contributed by atoms with van der Waals surface area (Å²) in [7, 11) is 0. The number of amides is 2. The molecule has 2 aliphatic rings. The Labute approximate surface area is 239 Å². The van der Waals surface area contributed by atoms with Crippen molar-refractivity contribution in [1.82, 2.24) is 20.2 Å². The lowest BCUT2D eigenvalue weighted by Gasteiger charge is -2.36. The van der Waals surface area contributed by atoms with Crippen molar-refractivity contribution in [3.63, 3.8) is 0 Å². The summed E-state index contributed by atoms with van der Waals surface area (Å²) in [4.78, 5) is 39.0. The van der Waals surface area contributed by atoms with Gasteiger partial charge in [-0.05, 0) is 30.4 Å². The van der Waals surface area contributed by atoms with Gasteiger partial charge in [0.25, 0.3) is 0 Å². The maximum Gasteiger partial charge on any atom is 0.230 e. The third kappa shape index (κ3) is 7.51. The van der Waals surface area contributed by atoms with Crippen molar-refractivity contribution in [2.75, 3.05) is 36.8 Å². The van der Waals surface area contributed by atoms with Gasteiger partial charge in [-0.3, -0.25) is 9.59 Å². The Morgan fingerprint density at radius 2 is 1.62 bits per heavy atom. The number of carbonyl (C=O) groups excluding carboxylic acids is 2. The summed E-state index contributed by atoms with van der Waals surface area (Å²) in [6.07, 6.45) is 5.07. The van der Waals surface area contributed by atoms with Crippen LogP contribution in [0.3, 0.4) is 0 Å². The van der Waals surface area contributed by atoms with Crippen LogP contribution in [0.2, 0.25) is 5.15 Å². The lowest BCUT2D eigenvalue weighted by atomic mass is 9.99. The molecule has 1 N–H and O–H groups in total. The maximum absolute atomic E-state index is 13.0. The van der Waals surface area contributed by atoms with Crippen LogP contribution in [-0.4, -0.2) is 58.6 Å². The number of rotatable bonds is 9. The van der Waals surface area contributed by atoms with Crippen molar-refractivity contribution in [3.05, 3.63) is 83.0 Å². The highest BCUT2D eigenvalue weighted by Crippen LogP contribution is 2.28. The first kappa shape index (κ1) is 27.5. The van der Waals surface area contributed by atoms with Crippen LogP contribution in [-0.2, 0) is 16.0 Å². The van der Waals surface area contributed by atoms with Crippen LogP contribution in [0.1, 0.15) is 42.9 Å². The molecule has 39 heavy (non-hydrogen) atoms. The molecule has 1 aliphatic carbocycles. The summed E-state index contributed by atoms with van der Waals surface area (Å²) >= 11 is 7.62. The van der Waals surface area contributed by atoms with Crippen LogP contribution in [0.4, 0.5) is 5.82 Å². The fourth-order valence-corrected chi connectivity index (χ4v) is 6.24. The predicted molar refractivity (Wildman–Crippen MR) is 156 cm³/mol. The Balaban J connectivity index is 1.17. The number of thioether (sulfide) groups is 1. The molecule has 1 aromatic heterocycles. The van der Waals surface area contributed by atoms with E-state index in [4.69, 9.17) is 16.6 Å². The van der Waals surface area contributed by atoms with E-state index in [9.17, 15) is 9.59 Å². The molecule has 204 valence electrons. The molecule has 0 radical (unpaired) electrons. The molecule has 9 heteroatoms. The van der Waals surface area contributed by atoms with Gasteiger partial charge in [-0.2, -0.15) is 0 Å². The maximum atomic E-state index is 13.0. The molecule has 2 heterocycles. The number of aromatic nitrogens is 2. The molecule has 1 saturated heterocycles. The van der Waals surface area contributed by atoms with E-state index in [-0.39, 0.29) is 23.6 Å². The predicted octanol–water partition coefficient (Wildman–Crippen LogP) is 5.16. The summed E-state index contributed by atoms with van der Waals surface area (Å²) in [5, 5.41) is 4.00. The van der Waals surface area contributed by atoms with Crippen molar-refractivity contribution in [1.29, 1.82) is 0 Å². The second-order valence-electron chi connectivity index (χ2n) is 10.1. The van der Waals surface area contributed by atoms with Crippen molar-refractivity contribution < 1.29 is 9.59 Å². The minimum Gasteiger partial charge on any atom is -0.353 e. The van der Waals surface area contributed by atoms with Crippen molar-refractivity contribution in [2.45, 2.75) is 43.3 Å². The highest BCUT2D eigenvalue weighted by Gasteiger charge is 2.30. The summed E-state index contributed by atoms with van der Waals surface area (Å²) < 4.78 is 0. The SMILES string of the molecule is O=C(CSc1nc(Cl)cc(N2CCN(C(=O)C3CCCC3)CC2)n1)NC(Cc1ccccc1)c1ccccc1. The summed E-state index contributed by atoms with van der Waals surface area (Å²) in [6, 6.07) is 21.8. The zero-order valence-corrected chi connectivity index (χ0v) is 23.5. The van der Waals surface area contributed by atoms with E-state index in [2.05, 4.69) is 27.3 Å². The average molecular weight is 564 g/mol. The number of piperazine rings is 1. The van der Waals surface area contributed by atoms with Gasteiger partial charge in [-0.1, -0.05) is 96.9 Å². The fraction of sp³-hybridized carbons (Fsp3) is 0.400. The first-order valence-corrected chi connectivity index (χ1v) is 15.0. The van der Waals surface area contributed by atoms with Crippen LogP contribution < -0.4 is 10.2 Å². The van der Waals surface area contributed by atoms with Crippen LogP contribution in [0.25, 0.3) is 0 Å². The Bertz CT molecular complexity index is 1250. The highest BCUT2D eigenvalue weighted by molar-refractivity contribution is 7.99. The number of anilines is 1. The number of carbonyl (C=O) groups is 2. The smallest absolute Gasteiger partial charge is 0.230 e. The van der Waals surface area contributed by atoms with Crippen LogP contribution in [0, 0.1) is 5.92 Å². The Kier molecular flexibility index (Phi) is 9.37. The van der Waals surface area contributed by atoms with Gasteiger partial charge in [0.15, 0.2) is 5.16 Å². The van der Waals surface area contributed by atoms with Gasteiger partial charge in [-0.15, -0.1) is 0 Å². The first-order valence-electron chi connectivity index (χ1n) is 13.6. The van der Waals surface area contributed by atoms with Gasteiger partial charge in [0.2, 0.25) is 11.8 Å². The van der Waals surface area contributed by atoms with E-state index in [1.165, 1.54) is 11.8 Å². The van der Waals surface area contributed by atoms with Gasteiger partial charge >= 0.3 is 0 Å². The molecule has 2 aromatic carbocycles. The number of halogens is 1. The average Bonchev–Trinajstić information content (AvgIpc) is 3.51. The van der Waals surface area contributed by atoms with Gasteiger partial charge < -0.3 is 15.1 Å². The van der Waals surface area contributed by atoms with E-state index in [1.54, 1.807) is 6.07 Å². The quantitative estimate of drug-likeness (QED) is 0.220. The van der Waals surface area contributed by atoms with Gasteiger partial charge in [-0.25, -0.2) is 9.97 Å². The molecule has 5 rings (SSSR count). The largest absolute Gasteiger partial charge is 0.353 e. The lowest BCUT2D eigenvalue weighted by molar-refractivity contribution is -0.135. The second kappa shape index (κ2) is 13.3. The monoisotopic (exact) mass is 563 g/mol. The van der Waals surface area contributed by atoms with E-state index >= 15 is 0 Å². The number of nitrogens with one attached hydrogen (secondary N) is 1. The molecule has 2 amide bonds. The van der Waals surface area contributed by atoms with Gasteiger partial charge in [0.05, 0.1) is 11.8 Å². The van der Waals surface area contributed by atoms with Crippen LogP contribution >= 0.6 is 23.4 Å². The van der Waals surface area contributed by atoms with Crippen molar-refractivity contribution >= 4 is 41.0 Å².